The second kappa shape index (κ2) is 7.57. The van der Waals surface area contributed by atoms with Crippen LogP contribution in [0.1, 0.15) is 45.1 Å². The largest absolute Gasteiger partial charge is 0.326 e. The molecule has 0 saturated carbocycles. The monoisotopic (exact) mass is 311 g/mol. The first-order valence-electron chi connectivity index (χ1n) is 6.66. The molecule has 0 fully saturated rings. The van der Waals surface area contributed by atoms with Crippen LogP contribution in [0, 0.1) is 12.8 Å². The van der Waals surface area contributed by atoms with Crippen molar-refractivity contribution in [2.24, 2.45) is 5.92 Å². The summed E-state index contributed by atoms with van der Waals surface area (Å²) in [4.78, 5) is 12.2. The van der Waals surface area contributed by atoms with E-state index < -0.39 is 0 Å². The number of hydrogen-bond donors (Lipinski definition) is 1. The van der Waals surface area contributed by atoms with Crippen LogP contribution in [-0.4, -0.2) is 5.91 Å². The van der Waals surface area contributed by atoms with Gasteiger partial charge in [-0.15, -0.1) is 0 Å². The maximum absolute atomic E-state index is 12.2. The normalized spacial score (nSPS) is 10.7. The third kappa shape index (κ3) is 4.13. The van der Waals surface area contributed by atoms with Crippen LogP contribution >= 0.6 is 15.9 Å². The molecule has 0 bridgehead atoms. The number of carbonyl (C=O) groups excluding carboxylic acids is 1. The van der Waals surface area contributed by atoms with Crippen LogP contribution in [0.4, 0.5) is 5.69 Å². The first-order valence-corrected chi connectivity index (χ1v) is 7.45. The van der Waals surface area contributed by atoms with E-state index in [0.717, 1.165) is 41.4 Å². The second-order valence-corrected chi connectivity index (χ2v) is 5.53. The van der Waals surface area contributed by atoms with Gasteiger partial charge < -0.3 is 5.32 Å². The molecular weight excluding hydrogens is 290 g/mol. The fourth-order valence-electron chi connectivity index (χ4n) is 2.08. The SMILES string of the molecule is CCCC(CCC)C(=O)Nc1cccc(Br)c1C. The van der Waals surface area contributed by atoms with Crippen LogP contribution in [0.15, 0.2) is 22.7 Å². The third-order valence-corrected chi connectivity index (χ3v) is 4.03. The molecule has 0 atom stereocenters. The van der Waals surface area contributed by atoms with E-state index in [2.05, 4.69) is 35.1 Å². The smallest absolute Gasteiger partial charge is 0.227 e. The number of carbonyl (C=O) groups is 1. The van der Waals surface area contributed by atoms with Crippen molar-refractivity contribution in [2.75, 3.05) is 5.32 Å². The Labute approximate surface area is 118 Å². The maximum atomic E-state index is 12.2. The topological polar surface area (TPSA) is 29.1 Å². The average Bonchev–Trinajstić information content (AvgIpc) is 2.34. The summed E-state index contributed by atoms with van der Waals surface area (Å²) in [5, 5.41) is 3.05. The van der Waals surface area contributed by atoms with Crippen molar-refractivity contribution in [2.45, 2.75) is 46.5 Å². The van der Waals surface area contributed by atoms with Gasteiger partial charge in [0.1, 0.15) is 0 Å². The van der Waals surface area contributed by atoms with Gasteiger partial charge in [-0.1, -0.05) is 48.7 Å². The standard InChI is InChI=1S/C15H22BrNO/c1-4-7-12(8-5-2)15(18)17-14-10-6-9-13(16)11(14)3/h6,9-10,12H,4-5,7-8H2,1-3H3,(H,17,18). The van der Waals surface area contributed by atoms with Crippen LogP contribution in [-0.2, 0) is 4.79 Å². The van der Waals surface area contributed by atoms with Crippen LogP contribution in [0.5, 0.6) is 0 Å². The Kier molecular flexibility index (Phi) is 6.41. The first-order chi connectivity index (χ1) is 8.60. The van der Waals surface area contributed by atoms with Gasteiger partial charge in [-0.3, -0.25) is 4.79 Å². The summed E-state index contributed by atoms with van der Waals surface area (Å²) in [5.74, 6) is 0.290. The molecule has 100 valence electrons. The summed E-state index contributed by atoms with van der Waals surface area (Å²) in [6, 6.07) is 5.88. The summed E-state index contributed by atoms with van der Waals surface area (Å²) in [6.45, 7) is 6.26. The Hall–Kier alpha value is -0.830. The van der Waals surface area contributed by atoms with Crippen molar-refractivity contribution in [3.05, 3.63) is 28.2 Å². The van der Waals surface area contributed by atoms with E-state index in [0.29, 0.717) is 0 Å². The van der Waals surface area contributed by atoms with Crippen LogP contribution in [0.3, 0.4) is 0 Å². The van der Waals surface area contributed by atoms with Crippen LogP contribution in [0.25, 0.3) is 0 Å². The zero-order chi connectivity index (χ0) is 13.5. The average molecular weight is 312 g/mol. The van der Waals surface area contributed by atoms with E-state index >= 15 is 0 Å². The van der Waals surface area contributed by atoms with Gasteiger partial charge in [0, 0.05) is 16.1 Å². The Bertz CT molecular complexity index is 397. The quantitative estimate of drug-likeness (QED) is 0.794. The van der Waals surface area contributed by atoms with Gasteiger partial charge >= 0.3 is 0 Å². The lowest BCUT2D eigenvalue weighted by atomic mass is 9.97. The molecule has 0 aliphatic heterocycles. The van der Waals surface area contributed by atoms with Crippen molar-refractivity contribution in [1.82, 2.24) is 0 Å². The fraction of sp³-hybridized carbons (Fsp3) is 0.533. The Balaban J connectivity index is 2.75. The highest BCUT2D eigenvalue weighted by Crippen LogP contribution is 2.25. The zero-order valence-corrected chi connectivity index (χ0v) is 13.0. The second-order valence-electron chi connectivity index (χ2n) is 4.68. The lowest BCUT2D eigenvalue weighted by Crippen LogP contribution is -2.23. The van der Waals surface area contributed by atoms with Gasteiger partial charge in [-0.25, -0.2) is 0 Å². The van der Waals surface area contributed by atoms with Gasteiger partial charge in [0.05, 0.1) is 0 Å². The number of hydrogen-bond acceptors (Lipinski definition) is 1. The molecule has 0 aliphatic carbocycles. The van der Waals surface area contributed by atoms with E-state index in [1.165, 1.54) is 0 Å². The highest BCUT2D eigenvalue weighted by Gasteiger charge is 2.17. The number of amides is 1. The lowest BCUT2D eigenvalue weighted by Gasteiger charge is -2.16. The number of anilines is 1. The van der Waals surface area contributed by atoms with Crippen molar-refractivity contribution < 1.29 is 4.79 Å². The Morgan fingerprint density at radius 1 is 1.28 bits per heavy atom. The van der Waals surface area contributed by atoms with E-state index in [1.807, 2.05) is 25.1 Å². The van der Waals surface area contributed by atoms with E-state index in [4.69, 9.17) is 0 Å². The molecule has 0 spiro atoms. The van der Waals surface area contributed by atoms with Gasteiger partial charge in [0.2, 0.25) is 5.91 Å². The van der Waals surface area contributed by atoms with Crippen LogP contribution < -0.4 is 5.32 Å². The van der Waals surface area contributed by atoms with Crippen molar-refractivity contribution in [3.63, 3.8) is 0 Å². The van der Waals surface area contributed by atoms with E-state index in [-0.39, 0.29) is 11.8 Å². The lowest BCUT2D eigenvalue weighted by molar-refractivity contribution is -0.120. The van der Waals surface area contributed by atoms with E-state index in [9.17, 15) is 4.79 Å². The first kappa shape index (κ1) is 15.2. The number of halogens is 1. The van der Waals surface area contributed by atoms with Gasteiger partial charge in [0.25, 0.3) is 0 Å². The molecule has 18 heavy (non-hydrogen) atoms. The highest BCUT2D eigenvalue weighted by molar-refractivity contribution is 9.10. The molecule has 2 nitrogen and oxygen atoms in total. The molecule has 0 aromatic heterocycles. The molecule has 1 rings (SSSR count). The predicted molar refractivity (Wildman–Crippen MR) is 80.8 cm³/mol. The molecule has 1 aromatic carbocycles. The van der Waals surface area contributed by atoms with Gasteiger partial charge in [-0.2, -0.15) is 0 Å². The molecule has 0 heterocycles. The molecule has 1 N–H and O–H groups in total. The van der Waals surface area contributed by atoms with Crippen molar-refractivity contribution in [3.8, 4) is 0 Å². The predicted octanol–water partition coefficient (Wildman–Crippen LogP) is 4.91. The van der Waals surface area contributed by atoms with E-state index in [1.54, 1.807) is 0 Å². The number of benzene rings is 1. The molecule has 0 radical (unpaired) electrons. The van der Waals surface area contributed by atoms with Crippen LogP contribution in [0.2, 0.25) is 0 Å². The van der Waals surface area contributed by atoms with Crippen molar-refractivity contribution >= 4 is 27.5 Å². The molecule has 1 amide bonds. The zero-order valence-electron chi connectivity index (χ0n) is 11.4. The Morgan fingerprint density at radius 3 is 2.44 bits per heavy atom. The summed E-state index contributed by atoms with van der Waals surface area (Å²) in [6.07, 6.45) is 4.03. The summed E-state index contributed by atoms with van der Waals surface area (Å²) in [7, 11) is 0. The molecular formula is C15H22BrNO. The highest BCUT2D eigenvalue weighted by atomic mass is 79.9. The summed E-state index contributed by atoms with van der Waals surface area (Å²) >= 11 is 3.48. The number of rotatable bonds is 6. The molecule has 0 saturated heterocycles. The molecule has 3 heteroatoms. The fourth-order valence-corrected chi connectivity index (χ4v) is 2.45. The molecule has 0 aliphatic rings. The third-order valence-electron chi connectivity index (χ3n) is 3.17. The minimum Gasteiger partial charge on any atom is -0.326 e. The number of nitrogens with one attached hydrogen (secondary N) is 1. The maximum Gasteiger partial charge on any atom is 0.227 e. The minimum absolute atomic E-state index is 0.137. The van der Waals surface area contributed by atoms with Gasteiger partial charge in [-0.05, 0) is 37.5 Å². The summed E-state index contributed by atoms with van der Waals surface area (Å²) in [5.41, 5.74) is 1.99. The Morgan fingerprint density at radius 2 is 1.89 bits per heavy atom. The molecule has 0 unspecified atom stereocenters. The minimum atomic E-state index is 0.137. The van der Waals surface area contributed by atoms with Gasteiger partial charge in [0.15, 0.2) is 0 Å². The molecule has 1 aromatic rings. The van der Waals surface area contributed by atoms with Crippen molar-refractivity contribution in [1.29, 1.82) is 0 Å². The summed E-state index contributed by atoms with van der Waals surface area (Å²) < 4.78 is 1.03.